The third-order valence-corrected chi connectivity index (χ3v) is 2.38. The number of amides is 2. The van der Waals surface area contributed by atoms with Gasteiger partial charge in [0, 0.05) is 0 Å². The zero-order valence-corrected chi connectivity index (χ0v) is 8.55. The second-order valence-corrected chi connectivity index (χ2v) is 3.85. The van der Waals surface area contributed by atoms with Crippen LogP contribution in [-0.2, 0) is 4.79 Å². The van der Waals surface area contributed by atoms with Gasteiger partial charge in [-0.05, 0) is 13.8 Å². The zero-order valence-electron chi connectivity index (χ0n) is 8.55. The van der Waals surface area contributed by atoms with Crippen molar-refractivity contribution in [2.24, 2.45) is 5.92 Å². The monoisotopic (exact) mass is 240 g/mol. The maximum atomic E-state index is 12.6. The van der Waals surface area contributed by atoms with Gasteiger partial charge < -0.3 is 15.7 Å². The smallest absolute Gasteiger partial charge is 0.370 e. The molecule has 1 saturated heterocycles. The number of ketones is 1. The Bertz CT molecular complexity index is 327. The Balaban J connectivity index is 3.13. The van der Waals surface area contributed by atoms with Crippen molar-refractivity contribution < 1.29 is 27.9 Å². The predicted octanol–water partition coefficient (Wildman–Crippen LogP) is 0.144. The highest BCUT2D eigenvalue weighted by Crippen LogP contribution is 2.33. The summed E-state index contributed by atoms with van der Waals surface area (Å²) in [5, 5.41) is 13.1. The van der Waals surface area contributed by atoms with Gasteiger partial charge in [-0.3, -0.25) is 4.79 Å². The first-order valence-electron chi connectivity index (χ1n) is 4.44. The summed E-state index contributed by atoms with van der Waals surface area (Å²) in [5.41, 5.74) is -2.21. The molecule has 2 amide bonds. The van der Waals surface area contributed by atoms with Crippen LogP contribution in [0.2, 0.25) is 0 Å². The molecule has 1 aliphatic heterocycles. The summed E-state index contributed by atoms with van der Waals surface area (Å²) in [6.07, 6.45) is -4.79. The number of nitrogens with one attached hydrogen (secondary N) is 2. The van der Waals surface area contributed by atoms with Crippen molar-refractivity contribution in [3.05, 3.63) is 0 Å². The Hall–Kier alpha value is -1.31. The molecular formula is C8H11F3N2O3. The van der Waals surface area contributed by atoms with Crippen LogP contribution < -0.4 is 10.6 Å². The molecule has 16 heavy (non-hydrogen) atoms. The number of hydrogen-bond acceptors (Lipinski definition) is 3. The molecule has 0 aliphatic carbocycles. The van der Waals surface area contributed by atoms with E-state index in [9.17, 15) is 27.9 Å². The summed E-state index contributed by atoms with van der Waals surface area (Å²) < 4.78 is 37.7. The minimum Gasteiger partial charge on any atom is -0.370 e. The lowest BCUT2D eigenvalue weighted by Gasteiger charge is -2.42. The molecule has 92 valence electrons. The van der Waals surface area contributed by atoms with Gasteiger partial charge >= 0.3 is 12.2 Å². The second kappa shape index (κ2) is 3.62. The van der Waals surface area contributed by atoms with Gasteiger partial charge in [-0.25, -0.2) is 4.79 Å². The summed E-state index contributed by atoms with van der Waals surface area (Å²) in [6.45, 7) is 1.88. The fraction of sp³-hybridized carbons (Fsp3) is 0.750. The van der Waals surface area contributed by atoms with Crippen molar-refractivity contribution in [1.29, 1.82) is 0 Å². The number of aliphatic hydroxyl groups is 1. The van der Waals surface area contributed by atoms with E-state index in [1.54, 1.807) is 5.32 Å². The second-order valence-electron chi connectivity index (χ2n) is 3.85. The van der Waals surface area contributed by atoms with E-state index in [2.05, 4.69) is 0 Å². The van der Waals surface area contributed by atoms with Crippen LogP contribution in [0, 0.1) is 5.92 Å². The number of alkyl halides is 3. The fourth-order valence-corrected chi connectivity index (χ4v) is 1.79. The Morgan fingerprint density at radius 1 is 1.50 bits per heavy atom. The molecule has 0 spiro atoms. The highest BCUT2D eigenvalue weighted by atomic mass is 19.4. The number of hydrogen-bond donors (Lipinski definition) is 3. The van der Waals surface area contributed by atoms with Gasteiger partial charge in [-0.2, -0.15) is 13.2 Å². The molecule has 1 rings (SSSR count). The number of urea groups is 1. The van der Waals surface area contributed by atoms with Crippen LogP contribution in [0.25, 0.3) is 0 Å². The Kier molecular flexibility index (Phi) is 2.88. The van der Waals surface area contributed by atoms with E-state index in [0.717, 1.165) is 13.8 Å². The Morgan fingerprint density at radius 3 is 2.38 bits per heavy atom. The van der Waals surface area contributed by atoms with E-state index < -0.39 is 35.7 Å². The molecule has 3 N–H and O–H groups in total. The maximum Gasteiger partial charge on any atom is 0.409 e. The molecule has 8 heteroatoms. The molecular weight excluding hydrogens is 229 g/mol. The molecule has 0 aromatic carbocycles. The quantitative estimate of drug-likeness (QED) is 0.610. The lowest BCUT2D eigenvalue weighted by Crippen LogP contribution is -2.71. The third kappa shape index (κ3) is 2.26. The van der Waals surface area contributed by atoms with Crippen molar-refractivity contribution >= 4 is 11.8 Å². The Morgan fingerprint density at radius 2 is 2.00 bits per heavy atom. The van der Waals surface area contributed by atoms with Crippen LogP contribution in [0.4, 0.5) is 18.0 Å². The Labute approximate surface area is 89.0 Å². The van der Waals surface area contributed by atoms with Gasteiger partial charge in [0.1, 0.15) is 17.6 Å². The van der Waals surface area contributed by atoms with E-state index in [0.29, 0.717) is 0 Å². The van der Waals surface area contributed by atoms with Crippen molar-refractivity contribution in [2.45, 2.75) is 31.8 Å². The molecule has 0 saturated carbocycles. The molecule has 5 nitrogen and oxygen atoms in total. The molecule has 0 aromatic rings. The van der Waals surface area contributed by atoms with E-state index in [1.807, 2.05) is 5.32 Å². The van der Waals surface area contributed by atoms with Crippen LogP contribution in [0.3, 0.4) is 0 Å². The largest absolute Gasteiger partial charge is 0.409 e. The van der Waals surface area contributed by atoms with Crippen LogP contribution in [0.15, 0.2) is 0 Å². The van der Waals surface area contributed by atoms with E-state index in [-0.39, 0.29) is 0 Å². The minimum absolute atomic E-state index is 0.861. The number of Topliss-reactive ketones (excluding diaryl/α,β-unsaturated/α-hetero) is 1. The molecule has 3 unspecified atom stereocenters. The standard InChI is InChI=1S/C8H11F3N2O3/c1-3(14)4-5(8(9,10)11)12-6(15)13-7(4,2)16/h4-5,16H,1-2H3,(H2,12,13,15). The summed E-state index contributed by atoms with van der Waals surface area (Å²) in [6, 6.07) is -3.54. The molecule has 1 fully saturated rings. The van der Waals surface area contributed by atoms with Crippen LogP contribution >= 0.6 is 0 Å². The first kappa shape index (κ1) is 12.8. The van der Waals surface area contributed by atoms with Gasteiger partial charge in [-0.1, -0.05) is 0 Å². The van der Waals surface area contributed by atoms with Crippen LogP contribution in [0.5, 0.6) is 0 Å². The molecule has 0 radical (unpaired) electrons. The summed E-state index contributed by atoms with van der Waals surface area (Å²) in [5.74, 6) is -2.63. The average Bonchev–Trinajstić information content (AvgIpc) is 1.97. The summed E-state index contributed by atoms with van der Waals surface area (Å²) in [4.78, 5) is 22.0. The summed E-state index contributed by atoms with van der Waals surface area (Å²) in [7, 11) is 0. The lowest BCUT2D eigenvalue weighted by atomic mass is 9.84. The van der Waals surface area contributed by atoms with Crippen molar-refractivity contribution in [2.75, 3.05) is 0 Å². The van der Waals surface area contributed by atoms with Crippen molar-refractivity contribution in [1.82, 2.24) is 10.6 Å². The van der Waals surface area contributed by atoms with Gasteiger partial charge in [0.15, 0.2) is 0 Å². The van der Waals surface area contributed by atoms with Crippen molar-refractivity contribution in [3.8, 4) is 0 Å². The van der Waals surface area contributed by atoms with Crippen LogP contribution in [-0.4, -0.2) is 34.9 Å². The molecule has 1 heterocycles. The zero-order chi connectivity index (χ0) is 12.7. The number of halogens is 3. The predicted molar refractivity (Wildman–Crippen MR) is 46.3 cm³/mol. The highest BCUT2D eigenvalue weighted by Gasteiger charge is 2.57. The number of carbonyl (C=O) groups is 2. The number of carbonyl (C=O) groups excluding carboxylic acids is 2. The third-order valence-electron chi connectivity index (χ3n) is 2.38. The fourth-order valence-electron chi connectivity index (χ4n) is 1.79. The van der Waals surface area contributed by atoms with Gasteiger partial charge in [0.25, 0.3) is 0 Å². The van der Waals surface area contributed by atoms with E-state index in [1.165, 1.54) is 0 Å². The van der Waals surface area contributed by atoms with Gasteiger partial charge in [0.2, 0.25) is 0 Å². The average molecular weight is 240 g/mol. The lowest BCUT2D eigenvalue weighted by molar-refractivity contribution is -0.195. The first-order chi connectivity index (χ1) is 7.05. The molecule has 1 aliphatic rings. The summed E-state index contributed by atoms with van der Waals surface area (Å²) >= 11 is 0. The normalized spacial score (nSPS) is 35.2. The van der Waals surface area contributed by atoms with E-state index >= 15 is 0 Å². The van der Waals surface area contributed by atoms with Crippen LogP contribution in [0.1, 0.15) is 13.8 Å². The SMILES string of the molecule is CC(=O)C1C(C(F)(F)F)NC(=O)NC1(C)O. The van der Waals surface area contributed by atoms with Gasteiger partial charge in [-0.15, -0.1) is 0 Å². The first-order valence-corrected chi connectivity index (χ1v) is 4.44. The highest BCUT2D eigenvalue weighted by molar-refractivity contribution is 5.85. The van der Waals surface area contributed by atoms with Gasteiger partial charge in [0.05, 0.1) is 5.92 Å². The maximum absolute atomic E-state index is 12.6. The molecule has 0 bridgehead atoms. The van der Waals surface area contributed by atoms with Crippen molar-refractivity contribution in [3.63, 3.8) is 0 Å². The topological polar surface area (TPSA) is 78.4 Å². The minimum atomic E-state index is -4.79. The molecule has 0 aromatic heterocycles. The number of rotatable bonds is 1. The molecule has 3 atom stereocenters. The van der Waals surface area contributed by atoms with E-state index in [4.69, 9.17) is 0 Å².